The van der Waals surface area contributed by atoms with Gasteiger partial charge in [-0.15, -0.1) is 0 Å². The molecule has 0 aromatic heterocycles. The van der Waals surface area contributed by atoms with Gasteiger partial charge >= 0.3 is 6.61 Å². The number of hydrogen-bond acceptors (Lipinski definition) is 3. The van der Waals surface area contributed by atoms with Gasteiger partial charge in [0.25, 0.3) is 0 Å². The molecule has 0 spiro atoms. The second kappa shape index (κ2) is 8.43. The molecule has 0 fully saturated rings. The van der Waals surface area contributed by atoms with Crippen LogP contribution in [0.25, 0.3) is 0 Å². The molecule has 0 atom stereocenters. The van der Waals surface area contributed by atoms with Crippen molar-refractivity contribution in [2.24, 2.45) is 0 Å². The van der Waals surface area contributed by atoms with E-state index in [1.54, 1.807) is 24.3 Å². The van der Waals surface area contributed by atoms with Crippen LogP contribution in [-0.2, 0) is 16.0 Å². The fraction of sp³-hybridized carbons (Fsp3) is 0.176. The summed E-state index contributed by atoms with van der Waals surface area (Å²) < 4.78 is 28.6. The number of rotatable bonds is 6. The number of carbonyl (C=O) groups is 2. The van der Waals surface area contributed by atoms with Gasteiger partial charge in [-0.25, -0.2) is 0 Å². The second-order valence-electron chi connectivity index (χ2n) is 5.13. The van der Waals surface area contributed by atoms with Gasteiger partial charge in [0, 0.05) is 18.3 Å². The Morgan fingerprint density at radius 3 is 2.28 bits per heavy atom. The monoisotopic (exact) mass is 368 g/mol. The Balaban J connectivity index is 1.95. The molecule has 2 aromatic carbocycles. The molecule has 5 nitrogen and oxygen atoms in total. The zero-order valence-electron chi connectivity index (χ0n) is 13.2. The molecule has 0 heterocycles. The lowest BCUT2D eigenvalue weighted by Gasteiger charge is -2.10. The van der Waals surface area contributed by atoms with Crippen molar-refractivity contribution in [2.75, 3.05) is 10.6 Å². The van der Waals surface area contributed by atoms with E-state index in [1.165, 1.54) is 25.1 Å². The van der Waals surface area contributed by atoms with Crippen LogP contribution in [0.4, 0.5) is 20.2 Å². The molecule has 0 saturated heterocycles. The van der Waals surface area contributed by atoms with Gasteiger partial charge in [-0.2, -0.15) is 8.78 Å². The number of nitrogens with one attached hydrogen (secondary N) is 2. The van der Waals surface area contributed by atoms with E-state index in [0.717, 1.165) is 5.56 Å². The van der Waals surface area contributed by atoms with E-state index in [2.05, 4.69) is 15.4 Å². The number of carbonyl (C=O) groups excluding carboxylic acids is 2. The zero-order chi connectivity index (χ0) is 18.4. The standard InChI is InChI=1S/C17H15ClF2N2O3/c1-10(23)21-12-4-2-11(3-5-12)8-16(24)22-13-6-7-15(14(18)9-13)25-17(19)20/h2-7,9,17H,8H2,1H3,(H,21,23)(H,22,24). The van der Waals surface area contributed by atoms with Crippen LogP contribution in [0, 0.1) is 0 Å². The van der Waals surface area contributed by atoms with Crippen molar-refractivity contribution in [3.05, 3.63) is 53.1 Å². The Kier molecular flexibility index (Phi) is 6.30. The van der Waals surface area contributed by atoms with Gasteiger partial charge in [-0.1, -0.05) is 23.7 Å². The van der Waals surface area contributed by atoms with Crippen molar-refractivity contribution in [1.82, 2.24) is 0 Å². The SMILES string of the molecule is CC(=O)Nc1ccc(CC(=O)Nc2ccc(OC(F)F)c(Cl)c2)cc1. The predicted molar refractivity (Wildman–Crippen MR) is 91.2 cm³/mol. The Labute approximate surface area is 147 Å². The highest BCUT2D eigenvalue weighted by Gasteiger charge is 2.10. The smallest absolute Gasteiger partial charge is 0.387 e. The van der Waals surface area contributed by atoms with Crippen LogP contribution in [0.3, 0.4) is 0 Å². The molecular weight excluding hydrogens is 354 g/mol. The fourth-order valence-corrected chi connectivity index (χ4v) is 2.30. The summed E-state index contributed by atoms with van der Waals surface area (Å²) in [6.45, 7) is -1.57. The molecule has 8 heteroatoms. The van der Waals surface area contributed by atoms with E-state index in [4.69, 9.17) is 11.6 Å². The maximum atomic E-state index is 12.2. The van der Waals surface area contributed by atoms with Gasteiger partial charge in [-0.05, 0) is 35.9 Å². The average molecular weight is 369 g/mol. The summed E-state index contributed by atoms with van der Waals surface area (Å²) in [5.74, 6) is -0.643. The van der Waals surface area contributed by atoms with Gasteiger partial charge in [0.05, 0.1) is 11.4 Å². The van der Waals surface area contributed by atoms with Crippen LogP contribution in [0.1, 0.15) is 12.5 Å². The van der Waals surface area contributed by atoms with Gasteiger partial charge in [-0.3, -0.25) is 9.59 Å². The van der Waals surface area contributed by atoms with Crippen LogP contribution in [-0.4, -0.2) is 18.4 Å². The van der Waals surface area contributed by atoms with Gasteiger partial charge in [0.15, 0.2) is 0 Å². The summed E-state index contributed by atoms with van der Waals surface area (Å²) in [5.41, 5.74) is 1.75. The molecule has 0 unspecified atom stereocenters. The van der Waals surface area contributed by atoms with Crippen LogP contribution in [0.5, 0.6) is 5.75 Å². The maximum Gasteiger partial charge on any atom is 0.387 e. The summed E-state index contributed by atoms with van der Waals surface area (Å²) in [6, 6.07) is 10.8. The van der Waals surface area contributed by atoms with Crippen LogP contribution >= 0.6 is 11.6 Å². The lowest BCUT2D eigenvalue weighted by molar-refractivity contribution is -0.116. The Hall–Kier alpha value is -2.67. The van der Waals surface area contributed by atoms with E-state index in [1.807, 2.05) is 0 Å². The molecule has 2 amide bonds. The number of benzene rings is 2. The number of hydrogen-bond donors (Lipinski definition) is 2. The number of alkyl halides is 2. The highest BCUT2D eigenvalue weighted by molar-refractivity contribution is 6.32. The Morgan fingerprint density at radius 2 is 1.72 bits per heavy atom. The molecule has 132 valence electrons. The molecule has 0 saturated carbocycles. The lowest BCUT2D eigenvalue weighted by atomic mass is 10.1. The first-order valence-corrected chi connectivity index (χ1v) is 7.62. The summed E-state index contributed by atoms with van der Waals surface area (Å²) >= 11 is 5.83. The third-order valence-corrected chi connectivity index (χ3v) is 3.37. The van der Waals surface area contributed by atoms with Crippen molar-refractivity contribution in [3.8, 4) is 5.75 Å². The van der Waals surface area contributed by atoms with E-state index < -0.39 is 6.61 Å². The van der Waals surface area contributed by atoms with Crippen molar-refractivity contribution in [3.63, 3.8) is 0 Å². The molecular formula is C17H15ClF2N2O3. The molecule has 2 rings (SSSR count). The minimum absolute atomic E-state index is 0.0299. The van der Waals surface area contributed by atoms with Crippen molar-refractivity contribution < 1.29 is 23.1 Å². The molecule has 0 aliphatic carbocycles. The summed E-state index contributed by atoms with van der Waals surface area (Å²) in [6.07, 6.45) is 0.104. The minimum atomic E-state index is -2.97. The molecule has 2 aromatic rings. The van der Waals surface area contributed by atoms with E-state index in [0.29, 0.717) is 11.4 Å². The van der Waals surface area contributed by atoms with Gasteiger partial charge in [0.2, 0.25) is 11.8 Å². The van der Waals surface area contributed by atoms with E-state index >= 15 is 0 Å². The van der Waals surface area contributed by atoms with Crippen molar-refractivity contribution in [2.45, 2.75) is 20.0 Å². The predicted octanol–water partition coefficient (Wildman–Crippen LogP) is 4.08. The van der Waals surface area contributed by atoms with E-state index in [9.17, 15) is 18.4 Å². The van der Waals surface area contributed by atoms with Crippen molar-refractivity contribution >= 4 is 34.8 Å². The maximum absolute atomic E-state index is 12.2. The molecule has 0 radical (unpaired) electrons. The first kappa shape index (κ1) is 18.7. The third kappa shape index (κ3) is 6.04. The number of ether oxygens (including phenoxy) is 1. The minimum Gasteiger partial charge on any atom is -0.433 e. The van der Waals surface area contributed by atoms with Crippen LogP contribution in [0.2, 0.25) is 5.02 Å². The van der Waals surface area contributed by atoms with E-state index in [-0.39, 0.29) is 29.0 Å². The molecule has 0 bridgehead atoms. The molecule has 25 heavy (non-hydrogen) atoms. The summed E-state index contributed by atoms with van der Waals surface area (Å²) in [5, 5.41) is 5.22. The highest BCUT2D eigenvalue weighted by atomic mass is 35.5. The van der Waals surface area contributed by atoms with Crippen molar-refractivity contribution in [1.29, 1.82) is 0 Å². The first-order valence-electron chi connectivity index (χ1n) is 7.24. The second-order valence-corrected chi connectivity index (χ2v) is 5.53. The quantitative estimate of drug-likeness (QED) is 0.807. The largest absolute Gasteiger partial charge is 0.433 e. The first-order chi connectivity index (χ1) is 11.8. The normalized spacial score (nSPS) is 10.4. The molecule has 0 aliphatic rings. The highest BCUT2D eigenvalue weighted by Crippen LogP contribution is 2.29. The lowest BCUT2D eigenvalue weighted by Crippen LogP contribution is -2.14. The van der Waals surface area contributed by atoms with Gasteiger partial charge in [0.1, 0.15) is 5.75 Å². The number of amides is 2. The number of anilines is 2. The number of halogens is 3. The Morgan fingerprint density at radius 1 is 1.08 bits per heavy atom. The van der Waals surface area contributed by atoms with Crippen LogP contribution < -0.4 is 15.4 Å². The zero-order valence-corrected chi connectivity index (χ0v) is 13.9. The molecule has 0 aliphatic heterocycles. The third-order valence-electron chi connectivity index (χ3n) is 3.07. The Bertz CT molecular complexity index is 767. The van der Waals surface area contributed by atoms with Crippen LogP contribution in [0.15, 0.2) is 42.5 Å². The fourth-order valence-electron chi connectivity index (χ4n) is 2.07. The summed E-state index contributed by atoms with van der Waals surface area (Å²) in [7, 11) is 0. The topological polar surface area (TPSA) is 67.4 Å². The average Bonchev–Trinajstić information content (AvgIpc) is 2.51. The van der Waals surface area contributed by atoms with Gasteiger partial charge < -0.3 is 15.4 Å². The summed E-state index contributed by atoms with van der Waals surface area (Å²) in [4.78, 5) is 23.0. The molecule has 2 N–H and O–H groups in total.